The largest absolute Gasteiger partial charge is 0.431 e. The van der Waals surface area contributed by atoms with Gasteiger partial charge in [-0.2, -0.15) is 0 Å². The number of hydrogen-bond acceptors (Lipinski definition) is 5. The molecule has 8 heteroatoms. The number of carbonyl (C=O) groups excluding carboxylic acids is 1. The summed E-state index contributed by atoms with van der Waals surface area (Å²) in [5.74, 6) is -0.125. The third-order valence-electron chi connectivity index (χ3n) is 7.92. The second-order valence-corrected chi connectivity index (χ2v) is 14.3. The molecule has 1 saturated heterocycles. The van der Waals surface area contributed by atoms with Crippen LogP contribution in [-0.2, 0) is 20.4 Å². The van der Waals surface area contributed by atoms with Crippen LogP contribution in [0.2, 0.25) is 0 Å². The minimum Gasteiger partial charge on any atom is -0.431 e. The number of amides is 1. The predicted molar refractivity (Wildman–Crippen MR) is 168 cm³/mol. The maximum absolute atomic E-state index is 14.1. The molecule has 1 aliphatic rings. The molecule has 0 radical (unpaired) electrons. The second kappa shape index (κ2) is 12.2. The standard InChI is InChI=1S/C33H42N2O4S2/c1-21(2)28(34-41(37,38)29-24(6)19-23(5)20-25(29)7)31(40-8)35-30(22(3)4)33(39-32(35)36,26-15-11-9-12-16-26)27-17-13-10-14-18-27/h9-22,28,30-31,34H,1-8H3/t28-,30+,31+/m1/s1. The zero-order chi connectivity index (χ0) is 30.1. The maximum Gasteiger partial charge on any atom is 0.412 e. The molecular weight excluding hydrogens is 553 g/mol. The zero-order valence-corrected chi connectivity index (χ0v) is 26.8. The topological polar surface area (TPSA) is 75.7 Å². The lowest BCUT2D eigenvalue weighted by atomic mass is 9.75. The predicted octanol–water partition coefficient (Wildman–Crippen LogP) is 7.02. The van der Waals surface area contributed by atoms with Crippen LogP contribution in [0.15, 0.2) is 77.7 Å². The van der Waals surface area contributed by atoms with Gasteiger partial charge in [0.1, 0.15) is 0 Å². The number of sulfonamides is 1. The zero-order valence-electron chi connectivity index (χ0n) is 25.2. The third-order valence-corrected chi connectivity index (χ3v) is 10.7. The van der Waals surface area contributed by atoms with Crippen LogP contribution in [0.25, 0.3) is 0 Å². The van der Waals surface area contributed by atoms with Crippen molar-refractivity contribution in [3.63, 3.8) is 0 Å². The highest BCUT2D eigenvalue weighted by Crippen LogP contribution is 2.49. The lowest BCUT2D eigenvalue weighted by Gasteiger charge is -2.42. The molecule has 0 aromatic heterocycles. The fraction of sp³-hybridized carbons (Fsp3) is 0.424. The van der Waals surface area contributed by atoms with Gasteiger partial charge in [0.25, 0.3) is 0 Å². The first-order valence-electron chi connectivity index (χ1n) is 14.1. The highest BCUT2D eigenvalue weighted by atomic mass is 32.2. The van der Waals surface area contributed by atoms with Crippen LogP contribution in [0.5, 0.6) is 0 Å². The fourth-order valence-corrected chi connectivity index (χ4v) is 9.44. The molecule has 0 aliphatic carbocycles. The average Bonchev–Trinajstić information content (AvgIpc) is 3.22. The molecule has 1 fully saturated rings. The van der Waals surface area contributed by atoms with Crippen molar-refractivity contribution in [2.24, 2.45) is 11.8 Å². The molecule has 0 unspecified atom stereocenters. The van der Waals surface area contributed by atoms with Crippen molar-refractivity contribution < 1.29 is 17.9 Å². The van der Waals surface area contributed by atoms with E-state index in [-0.39, 0.29) is 11.8 Å². The number of benzene rings is 3. The van der Waals surface area contributed by atoms with Crippen molar-refractivity contribution in [1.82, 2.24) is 9.62 Å². The lowest BCUT2D eigenvalue weighted by molar-refractivity contribution is 0.0534. The maximum atomic E-state index is 14.1. The monoisotopic (exact) mass is 594 g/mol. The van der Waals surface area contributed by atoms with Gasteiger partial charge in [0.15, 0.2) is 5.60 Å². The Hall–Kier alpha value is -2.81. The molecule has 220 valence electrons. The van der Waals surface area contributed by atoms with Gasteiger partial charge in [-0.1, -0.05) is 106 Å². The summed E-state index contributed by atoms with van der Waals surface area (Å²) in [7, 11) is -3.90. The van der Waals surface area contributed by atoms with Crippen LogP contribution in [0, 0.1) is 32.6 Å². The summed E-state index contributed by atoms with van der Waals surface area (Å²) in [5.41, 5.74) is 3.12. The number of hydrogen-bond donors (Lipinski definition) is 1. The molecule has 1 aliphatic heterocycles. The summed E-state index contributed by atoms with van der Waals surface area (Å²) >= 11 is 1.46. The summed E-state index contributed by atoms with van der Waals surface area (Å²) in [6.45, 7) is 13.8. The number of nitrogens with one attached hydrogen (secondary N) is 1. The van der Waals surface area contributed by atoms with Gasteiger partial charge in [0.2, 0.25) is 10.0 Å². The van der Waals surface area contributed by atoms with Gasteiger partial charge in [-0.05, 0) is 50.0 Å². The Morgan fingerprint density at radius 2 is 1.37 bits per heavy atom. The highest BCUT2D eigenvalue weighted by molar-refractivity contribution is 7.99. The summed E-state index contributed by atoms with van der Waals surface area (Å²) < 4.78 is 37.4. The molecular formula is C33H42N2O4S2. The Morgan fingerprint density at radius 1 is 0.878 bits per heavy atom. The molecule has 41 heavy (non-hydrogen) atoms. The van der Waals surface area contributed by atoms with Gasteiger partial charge in [-0.25, -0.2) is 17.9 Å². The number of thioether (sulfide) groups is 1. The Labute approximate surface area is 249 Å². The molecule has 6 nitrogen and oxygen atoms in total. The van der Waals surface area contributed by atoms with E-state index in [0.29, 0.717) is 16.0 Å². The summed E-state index contributed by atoms with van der Waals surface area (Å²) in [4.78, 5) is 16.2. The van der Waals surface area contributed by atoms with Crippen LogP contribution >= 0.6 is 11.8 Å². The van der Waals surface area contributed by atoms with E-state index >= 15 is 0 Å². The molecule has 0 bridgehead atoms. The molecule has 1 amide bonds. The molecule has 3 atom stereocenters. The average molecular weight is 595 g/mol. The van der Waals surface area contributed by atoms with E-state index in [0.717, 1.165) is 16.7 Å². The quantitative estimate of drug-likeness (QED) is 0.273. The van der Waals surface area contributed by atoms with Crippen molar-refractivity contribution in [2.45, 2.75) is 76.4 Å². The van der Waals surface area contributed by atoms with Gasteiger partial charge in [-0.3, -0.25) is 4.90 Å². The fourth-order valence-electron chi connectivity index (χ4n) is 6.40. The summed E-state index contributed by atoms with van der Waals surface area (Å²) in [6, 6.07) is 22.5. The SMILES string of the molecule is CS[C@@H]([C@H](NS(=O)(=O)c1c(C)cc(C)cc1C)C(C)C)N1C(=O)OC(c2ccccc2)(c2ccccc2)[C@@H]1C(C)C. The van der Waals surface area contributed by atoms with Crippen LogP contribution in [0.4, 0.5) is 4.79 Å². The first kappa shape index (κ1) is 31.1. The first-order chi connectivity index (χ1) is 19.3. The number of cyclic esters (lactones) is 1. The lowest BCUT2D eigenvalue weighted by Crippen LogP contribution is -2.58. The molecule has 0 saturated carbocycles. The number of rotatable bonds is 10. The molecule has 1 N–H and O–H groups in total. The van der Waals surface area contributed by atoms with E-state index in [1.54, 1.807) is 4.90 Å². The summed E-state index contributed by atoms with van der Waals surface area (Å²) in [5, 5.41) is -0.523. The molecule has 1 heterocycles. The smallest absolute Gasteiger partial charge is 0.412 e. The van der Waals surface area contributed by atoms with Gasteiger partial charge in [0, 0.05) is 11.1 Å². The van der Waals surface area contributed by atoms with E-state index in [1.165, 1.54) is 11.8 Å². The summed E-state index contributed by atoms with van der Waals surface area (Å²) in [6.07, 6.45) is 1.47. The Balaban J connectivity index is 1.85. The van der Waals surface area contributed by atoms with Gasteiger partial charge >= 0.3 is 6.09 Å². The molecule has 3 aromatic carbocycles. The second-order valence-electron chi connectivity index (χ2n) is 11.7. The van der Waals surface area contributed by atoms with E-state index in [2.05, 4.69) is 18.6 Å². The van der Waals surface area contributed by atoms with Gasteiger partial charge in [0.05, 0.1) is 22.4 Å². The van der Waals surface area contributed by atoms with Crippen molar-refractivity contribution >= 4 is 27.9 Å². The van der Waals surface area contributed by atoms with Crippen molar-refractivity contribution in [3.05, 3.63) is 101 Å². The Bertz CT molecular complexity index is 1410. The Morgan fingerprint density at radius 3 is 1.78 bits per heavy atom. The minimum atomic E-state index is -3.90. The molecule has 3 aromatic rings. The van der Waals surface area contributed by atoms with E-state index in [4.69, 9.17) is 4.74 Å². The first-order valence-corrected chi connectivity index (χ1v) is 16.9. The van der Waals surface area contributed by atoms with E-state index in [9.17, 15) is 13.2 Å². The van der Waals surface area contributed by atoms with Crippen LogP contribution < -0.4 is 4.72 Å². The van der Waals surface area contributed by atoms with Crippen LogP contribution in [-0.4, -0.2) is 43.1 Å². The Kier molecular flexibility index (Phi) is 9.26. The molecule has 4 rings (SSSR count). The normalized spacial score (nSPS) is 18.5. The number of ether oxygens (including phenoxy) is 1. The van der Waals surface area contributed by atoms with E-state index < -0.39 is 39.2 Å². The third kappa shape index (κ3) is 5.79. The number of nitrogens with zero attached hydrogens (tertiary/aromatic N) is 1. The minimum absolute atomic E-state index is 0.0116. The van der Waals surface area contributed by atoms with Crippen LogP contribution in [0.1, 0.15) is 55.5 Å². The number of aryl methyl sites for hydroxylation is 3. The molecule has 0 spiro atoms. The van der Waals surface area contributed by atoms with Crippen molar-refractivity contribution in [3.8, 4) is 0 Å². The highest BCUT2D eigenvalue weighted by Gasteiger charge is 2.60. The van der Waals surface area contributed by atoms with Crippen molar-refractivity contribution in [2.75, 3.05) is 6.26 Å². The van der Waals surface area contributed by atoms with Gasteiger partial charge < -0.3 is 4.74 Å². The van der Waals surface area contributed by atoms with Crippen molar-refractivity contribution in [1.29, 1.82) is 0 Å². The van der Waals surface area contributed by atoms with E-state index in [1.807, 2.05) is 114 Å². The van der Waals surface area contributed by atoms with Crippen LogP contribution in [0.3, 0.4) is 0 Å². The number of carbonyl (C=O) groups is 1. The van der Waals surface area contributed by atoms with Gasteiger partial charge in [-0.15, -0.1) is 11.8 Å².